The Balaban J connectivity index is 1.57. The molecule has 0 saturated carbocycles. The molecule has 0 N–H and O–H groups in total. The molecule has 0 radical (unpaired) electrons. The van der Waals surface area contributed by atoms with Crippen molar-refractivity contribution in [2.45, 2.75) is 39.7 Å². The Hall–Kier alpha value is -2.01. The molecule has 5 heteroatoms. The van der Waals surface area contributed by atoms with Crippen molar-refractivity contribution < 1.29 is 14.0 Å². The van der Waals surface area contributed by atoms with Gasteiger partial charge in [0.1, 0.15) is 23.9 Å². The third-order valence-corrected chi connectivity index (χ3v) is 4.55. The van der Waals surface area contributed by atoms with Crippen molar-refractivity contribution in [1.82, 2.24) is 10.1 Å². The quantitative estimate of drug-likeness (QED) is 0.770. The molecule has 5 nitrogen and oxygen atoms in total. The predicted molar refractivity (Wildman–Crippen MR) is 92.6 cm³/mol. The molecule has 0 bridgehead atoms. The summed E-state index contributed by atoms with van der Waals surface area (Å²) in [6.07, 6.45) is 2.36. The first-order chi connectivity index (χ1) is 11.7. The second-order valence-electron chi connectivity index (χ2n) is 6.19. The van der Waals surface area contributed by atoms with E-state index in [4.69, 9.17) is 14.0 Å². The Kier molecular flexibility index (Phi) is 5.41. The third kappa shape index (κ3) is 3.73. The normalized spacial score (nSPS) is 18.0. The first-order valence-corrected chi connectivity index (χ1v) is 8.71. The summed E-state index contributed by atoms with van der Waals surface area (Å²) >= 11 is 0. The summed E-state index contributed by atoms with van der Waals surface area (Å²) < 4.78 is 16.8. The largest absolute Gasteiger partial charge is 0.494 e. The molecule has 0 aliphatic carbocycles. The zero-order chi connectivity index (χ0) is 16.9. The molecule has 0 spiro atoms. The lowest BCUT2D eigenvalue weighted by atomic mass is 10.0. The first kappa shape index (κ1) is 16.8. The lowest BCUT2D eigenvalue weighted by Gasteiger charge is -2.24. The predicted octanol–water partition coefficient (Wildman–Crippen LogP) is 3.91. The van der Waals surface area contributed by atoms with E-state index in [2.05, 4.69) is 10.1 Å². The van der Waals surface area contributed by atoms with Crippen LogP contribution in [0.5, 0.6) is 11.5 Å². The molecule has 1 aliphatic rings. The Morgan fingerprint density at radius 1 is 1.25 bits per heavy atom. The van der Waals surface area contributed by atoms with E-state index in [1.165, 1.54) is 12.0 Å². The van der Waals surface area contributed by atoms with E-state index in [1.54, 1.807) is 0 Å². The molecule has 2 heterocycles. The number of rotatable bonds is 7. The van der Waals surface area contributed by atoms with E-state index in [0.717, 1.165) is 42.5 Å². The molecule has 1 fully saturated rings. The fourth-order valence-electron chi connectivity index (χ4n) is 3.49. The van der Waals surface area contributed by atoms with Crippen LogP contribution in [0.4, 0.5) is 0 Å². The van der Waals surface area contributed by atoms with Crippen LogP contribution in [0.15, 0.2) is 28.8 Å². The average molecular weight is 330 g/mol. The van der Waals surface area contributed by atoms with Gasteiger partial charge in [0, 0.05) is 24.2 Å². The van der Waals surface area contributed by atoms with Gasteiger partial charge in [-0.15, -0.1) is 0 Å². The van der Waals surface area contributed by atoms with E-state index < -0.39 is 0 Å². The van der Waals surface area contributed by atoms with E-state index in [-0.39, 0.29) is 0 Å². The number of benzene rings is 1. The van der Waals surface area contributed by atoms with E-state index in [0.29, 0.717) is 19.3 Å². The van der Waals surface area contributed by atoms with Crippen molar-refractivity contribution in [2.24, 2.45) is 0 Å². The Morgan fingerprint density at radius 2 is 2.04 bits per heavy atom. The van der Waals surface area contributed by atoms with Crippen LogP contribution in [-0.2, 0) is 0 Å². The second-order valence-corrected chi connectivity index (χ2v) is 6.19. The highest BCUT2D eigenvalue weighted by Gasteiger charge is 2.30. The standard InChI is InChI=1S/C19H26N2O3/c1-4-22-16-7-5-8-17(13-16)23-12-11-21-10-6-9-18(21)19-14(2)20-24-15(19)3/h5,7-8,13,18H,4,6,9-12H2,1-3H3. The number of ether oxygens (including phenoxy) is 2. The lowest BCUT2D eigenvalue weighted by Crippen LogP contribution is -2.28. The van der Waals surface area contributed by atoms with Crippen molar-refractivity contribution in [3.05, 3.63) is 41.3 Å². The minimum Gasteiger partial charge on any atom is -0.494 e. The van der Waals surface area contributed by atoms with Crippen LogP contribution in [-0.4, -0.2) is 36.4 Å². The minimum absolute atomic E-state index is 0.398. The van der Waals surface area contributed by atoms with Crippen LogP contribution in [0.25, 0.3) is 0 Å². The molecular formula is C19H26N2O3. The zero-order valence-electron chi connectivity index (χ0n) is 14.7. The fourth-order valence-corrected chi connectivity index (χ4v) is 3.49. The second kappa shape index (κ2) is 7.71. The molecule has 1 aliphatic heterocycles. The number of aromatic nitrogens is 1. The van der Waals surface area contributed by atoms with E-state index in [1.807, 2.05) is 45.0 Å². The van der Waals surface area contributed by atoms with Crippen LogP contribution in [0.2, 0.25) is 0 Å². The first-order valence-electron chi connectivity index (χ1n) is 8.71. The highest BCUT2D eigenvalue weighted by Crippen LogP contribution is 2.35. The van der Waals surface area contributed by atoms with Gasteiger partial charge in [-0.3, -0.25) is 4.90 Å². The van der Waals surface area contributed by atoms with Crippen LogP contribution in [0, 0.1) is 13.8 Å². The van der Waals surface area contributed by atoms with Gasteiger partial charge in [-0.05, 0) is 52.3 Å². The number of hydrogen-bond donors (Lipinski definition) is 0. The average Bonchev–Trinajstić information content (AvgIpc) is 3.14. The molecule has 1 atom stereocenters. The van der Waals surface area contributed by atoms with Gasteiger partial charge in [0.2, 0.25) is 0 Å². The Morgan fingerprint density at radius 3 is 2.75 bits per heavy atom. The summed E-state index contributed by atoms with van der Waals surface area (Å²) in [5, 5.41) is 4.10. The summed E-state index contributed by atoms with van der Waals surface area (Å²) in [5.41, 5.74) is 2.26. The molecule has 130 valence electrons. The lowest BCUT2D eigenvalue weighted by molar-refractivity contribution is 0.196. The summed E-state index contributed by atoms with van der Waals surface area (Å²) in [4.78, 5) is 2.47. The van der Waals surface area contributed by atoms with Crippen molar-refractivity contribution in [2.75, 3.05) is 26.3 Å². The molecule has 1 unspecified atom stereocenters. The molecule has 2 aromatic rings. The molecule has 1 aromatic carbocycles. The molecule has 1 aromatic heterocycles. The van der Waals surface area contributed by atoms with Crippen molar-refractivity contribution in [3.8, 4) is 11.5 Å². The van der Waals surface area contributed by atoms with Crippen molar-refractivity contribution in [3.63, 3.8) is 0 Å². The number of aryl methyl sites for hydroxylation is 2. The van der Waals surface area contributed by atoms with Crippen molar-refractivity contribution in [1.29, 1.82) is 0 Å². The van der Waals surface area contributed by atoms with Gasteiger partial charge < -0.3 is 14.0 Å². The third-order valence-electron chi connectivity index (χ3n) is 4.55. The Bertz CT molecular complexity index is 649. The smallest absolute Gasteiger partial charge is 0.138 e. The maximum Gasteiger partial charge on any atom is 0.138 e. The summed E-state index contributed by atoms with van der Waals surface area (Å²) in [6, 6.07) is 8.22. The SMILES string of the molecule is CCOc1cccc(OCCN2CCCC2c2c(C)noc2C)c1. The van der Waals surface area contributed by atoms with Crippen LogP contribution in [0.1, 0.15) is 42.8 Å². The van der Waals surface area contributed by atoms with Gasteiger partial charge in [0.05, 0.1) is 12.3 Å². The molecule has 0 amide bonds. The molecule has 1 saturated heterocycles. The van der Waals surface area contributed by atoms with E-state index >= 15 is 0 Å². The van der Waals surface area contributed by atoms with Gasteiger partial charge in [-0.2, -0.15) is 0 Å². The number of hydrogen-bond acceptors (Lipinski definition) is 5. The maximum absolute atomic E-state index is 5.92. The van der Waals surface area contributed by atoms with Gasteiger partial charge in [-0.1, -0.05) is 11.2 Å². The molecular weight excluding hydrogens is 304 g/mol. The van der Waals surface area contributed by atoms with Crippen LogP contribution >= 0.6 is 0 Å². The van der Waals surface area contributed by atoms with Gasteiger partial charge in [0.25, 0.3) is 0 Å². The summed E-state index contributed by atoms with van der Waals surface area (Å²) in [5.74, 6) is 2.65. The van der Waals surface area contributed by atoms with E-state index in [9.17, 15) is 0 Å². The van der Waals surface area contributed by atoms with Gasteiger partial charge in [0.15, 0.2) is 0 Å². The van der Waals surface area contributed by atoms with Crippen LogP contribution < -0.4 is 9.47 Å². The fraction of sp³-hybridized carbons (Fsp3) is 0.526. The molecule has 3 rings (SSSR count). The summed E-state index contributed by atoms with van der Waals surface area (Å²) in [6.45, 7) is 9.33. The monoisotopic (exact) mass is 330 g/mol. The highest BCUT2D eigenvalue weighted by molar-refractivity contribution is 5.33. The zero-order valence-corrected chi connectivity index (χ0v) is 14.7. The maximum atomic E-state index is 5.92. The number of nitrogens with zero attached hydrogens (tertiary/aromatic N) is 2. The topological polar surface area (TPSA) is 47.7 Å². The summed E-state index contributed by atoms with van der Waals surface area (Å²) in [7, 11) is 0. The number of likely N-dealkylation sites (tertiary alicyclic amines) is 1. The van der Waals surface area contributed by atoms with Crippen molar-refractivity contribution >= 4 is 0 Å². The minimum atomic E-state index is 0.398. The highest BCUT2D eigenvalue weighted by atomic mass is 16.5. The van der Waals surface area contributed by atoms with Gasteiger partial charge >= 0.3 is 0 Å². The molecule has 24 heavy (non-hydrogen) atoms. The Labute approximate surface area is 143 Å². The van der Waals surface area contributed by atoms with Gasteiger partial charge in [-0.25, -0.2) is 0 Å². The van der Waals surface area contributed by atoms with Crippen LogP contribution in [0.3, 0.4) is 0 Å².